The molecular weight excluding hydrogens is 214 g/mol. The van der Waals surface area contributed by atoms with Gasteiger partial charge in [0.05, 0.1) is 0 Å². The van der Waals surface area contributed by atoms with E-state index in [9.17, 15) is 0 Å². The van der Waals surface area contributed by atoms with Crippen LogP contribution in [0.3, 0.4) is 0 Å². The number of fused-ring (bicyclic) bond motifs is 1. The van der Waals surface area contributed by atoms with Gasteiger partial charge in [-0.25, -0.2) is 0 Å². The lowest BCUT2D eigenvalue weighted by Crippen LogP contribution is -2.23. The van der Waals surface area contributed by atoms with Crippen LogP contribution in [-0.4, -0.2) is 19.3 Å². The second-order valence-corrected chi connectivity index (χ2v) is 5.42. The van der Waals surface area contributed by atoms with Crippen molar-refractivity contribution in [3.05, 3.63) is 23.8 Å². The van der Waals surface area contributed by atoms with Crippen LogP contribution in [0.5, 0.6) is 11.5 Å². The minimum Gasteiger partial charge on any atom is -0.486 e. The van der Waals surface area contributed by atoms with Crippen LogP contribution in [0, 0.1) is 0 Å². The highest BCUT2D eigenvalue weighted by Gasteiger charge is 2.35. The molecule has 1 aromatic carbocycles. The van der Waals surface area contributed by atoms with E-state index in [0.29, 0.717) is 19.3 Å². The Morgan fingerprint density at radius 3 is 2.71 bits per heavy atom. The normalized spacial score (nSPS) is 31.5. The Bertz CT molecular complexity index is 432. The van der Waals surface area contributed by atoms with Crippen LogP contribution in [0.2, 0.25) is 0 Å². The maximum atomic E-state index is 6.03. The van der Waals surface area contributed by atoms with E-state index in [4.69, 9.17) is 15.2 Å². The van der Waals surface area contributed by atoms with Gasteiger partial charge < -0.3 is 15.2 Å². The highest BCUT2D eigenvalue weighted by atomic mass is 16.6. The van der Waals surface area contributed by atoms with Gasteiger partial charge in [-0.3, -0.25) is 0 Å². The molecular formula is C14H19NO2. The van der Waals surface area contributed by atoms with Gasteiger partial charge in [-0.15, -0.1) is 0 Å². The van der Waals surface area contributed by atoms with Crippen molar-refractivity contribution < 1.29 is 9.47 Å². The number of hydrogen-bond acceptors (Lipinski definition) is 3. The van der Waals surface area contributed by atoms with Crippen LogP contribution < -0.4 is 15.2 Å². The van der Waals surface area contributed by atoms with Gasteiger partial charge >= 0.3 is 0 Å². The largest absolute Gasteiger partial charge is 0.486 e. The summed E-state index contributed by atoms with van der Waals surface area (Å²) >= 11 is 0. The lowest BCUT2D eigenvalue weighted by molar-refractivity contribution is 0.171. The summed E-state index contributed by atoms with van der Waals surface area (Å²) in [5.74, 6) is 1.75. The molecule has 1 heterocycles. The molecule has 3 heteroatoms. The van der Waals surface area contributed by atoms with Crippen molar-refractivity contribution in [3.63, 3.8) is 0 Å². The molecule has 1 saturated carbocycles. The lowest BCUT2D eigenvalue weighted by Gasteiger charge is -2.27. The van der Waals surface area contributed by atoms with E-state index in [1.165, 1.54) is 5.56 Å². The maximum Gasteiger partial charge on any atom is 0.161 e. The molecule has 1 aliphatic carbocycles. The summed E-state index contributed by atoms with van der Waals surface area (Å²) in [6, 6.07) is 6.66. The van der Waals surface area contributed by atoms with Crippen molar-refractivity contribution in [1.82, 2.24) is 0 Å². The second-order valence-electron chi connectivity index (χ2n) is 5.42. The molecule has 1 aromatic rings. The predicted molar refractivity (Wildman–Crippen MR) is 66.6 cm³/mol. The molecule has 2 atom stereocenters. The Balaban J connectivity index is 1.93. The lowest BCUT2D eigenvalue weighted by atomic mass is 9.80. The minimum atomic E-state index is 0.204. The summed E-state index contributed by atoms with van der Waals surface area (Å²) in [6.07, 6.45) is 3.34. The monoisotopic (exact) mass is 233 g/mol. The van der Waals surface area contributed by atoms with Gasteiger partial charge in [0.1, 0.15) is 13.2 Å². The summed E-state index contributed by atoms with van der Waals surface area (Å²) in [7, 11) is 0. The topological polar surface area (TPSA) is 44.5 Å². The Hall–Kier alpha value is -1.22. The molecule has 1 aliphatic heterocycles. The first-order chi connectivity index (χ1) is 8.17. The number of hydrogen-bond donors (Lipinski definition) is 1. The van der Waals surface area contributed by atoms with Crippen LogP contribution in [0.1, 0.15) is 31.7 Å². The molecule has 2 aliphatic rings. The molecule has 0 bridgehead atoms. The van der Waals surface area contributed by atoms with Crippen molar-refractivity contribution >= 4 is 0 Å². The van der Waals surface area contributed by atoms with Gasteiger partial charge in [0.15, 0.2) is 11.5 Å². The van der Waals surface area contributed by atoms with Gasteiger partial charge in [0, 0.05) is 6.04 Å². The van der Waals surface area contributed by atoms with E-state index in [0.717, 1.165) is 30.8 Å². The molecule has 2 N–H and O–H groups in total. The van der Waals surface area contributed by atoms with Crippen molar-refractivity contribution in [1.29, 1.82) is 0 Å². The molecule has 92 valence electrons. The Morgan fingerprint density at radius 1 is 1.24 bits per heavy atom. The van der Waals surface area contributed by atoms with E-state index in [2.05, 4.69) is 19.1 Å². The SMILES string of the molecule is CC1(c2ccc3c(c2)OCCO3)CCC(N)C1. The van der Waals surface area contributed by atoms with Crippen LogP contribution >= 0.6 is 0 Å². The Morgan fingerprint density at radius 2 is 2.00 bits per heavy atom. The smallest absolute Gasteiger partial charge is 0.161 e. The number of nitrogens with two attached hydrogens (primary N) is 1. The Labute approximate surface area is 102 Å². The fourth-order valence-corrected chi connectivity index (χ4v) is 2.97. The van der Waals surface area contributed by atoms with Crippen molar-refractivity contribution in [3.8, 4) is 11.5 Å². The third kappa shape index (κ3) is 1.89. The Kier molecular flexibility index (Phi) is 2.51. The van der Waals surface area contributed by atoms with Crippen LogP contribution in [-0.2, 0) is 5.41 Å². The average Bonchev–Trinajstić information content (AvgIpc) is 2.70. The minimum absolute atomic E-state index is 0.204. The number of rotatable bonds is 1. The second kappa shape index (κ2) is 3.91. The van der Waals surface area contributed by atoms with Crippen molar-refractivity contribution in [2.45, 2.75) is 37.6 Å². The van der Waals surface area contributed by atoms with Crippen molar-refractivity contribution in [2.75, 3.05) is 13.2 Å². The zero-order chi connectivity index (χ0) is 11.9. The zero-order valence-corrected chi connectivity index (χ0v) is 10.2. The fraction of sp³-hybridized carbons (Fsp3) is 0.571. The summed E-state index contributed by atoms with van der Waals surface area (Å²) in [6.45, 7) is 3.59. The fourth-order valence-electron chi connectivity index (χ4n) is 2.97. The highest BCUT2D eigenvalue weighted by Crippen LogP contribution is 2.43. The molecule has 0 saturated heterocycles. The standard InChI is InChI=1S/C14H19NO2/c1-14(5-4-11(15)9-14)10-2-3-12-13(8-10)17-7-6-16-12/h2-3,8,11H,4-7,9,15H2,1H3. The molecule has 3 nitrogen and oxygen atoms in total. The molecule has 0 aromatic heterocycles. The molecule has 2 unspecified atom stereocenters. The maximum absolute atomic E-state index is 6.03. The molecule has 0 spiro atoms. The van der Waals surface area contributed by atoms with E-state index >= 15 is 0 Å². The summed E-state index contributed by atoms with van der Waals surface area (Å²) < 4.78 is 11.2. The molecule has 0 radical (unpaired) electrons. The first-order valence-electron chi connectivity index (χ1n) is 6.33. The van der Waals surface area contributed by atoms with E-state index in [1.807, 2.05) is 6.07 Å². The highest BCUT2D eigenvalue weighted by molar-refractivity contribution is 5.46. The van der Waals surface area contributed by atoms with E-state index in [1.54, 1.807) is 0 Å². The molecule has 17 heavy (non-hydrogen) atoms. The third-order valence-corrected chi connectivity index (χ3v) is 4.02. The molecule has 1 fully saturated rings. The van der Waals surface area contributed by atoms with Crippen LogP contribution in [0.25, 0.3) is 0 Å². The van der Waals surface area contributed by atoms with Gasteiger partial charge in [-0.2, -0.15) is 0 Å². The number of benzene rings is 1. The van der Waals surface area contributed by atoms with Gasteiger partial charge in [-0.05, 0) is 42.4 Å². The summed E-state index contributed by atoms with van der Waals surface area (Å²) in [4.78, 5) is 0. The number of ether oxygens (including phenoxy) is 2. The van der Waals surface area contributed by atoms with Gasteiger partial charge in [0.25, 0.3) is 0 Å². The average molecular weight is 233 g/mol. The summed E-state index contributed by atoms with van der Waals surface area (Å²) in [5.41, 5.74) is 7.56. The van der Waals surface area contributed by atoms with Gasteiger partial charge in [-0.1, -0.05) is 13.0 Å². The molecule has 3 rings (SSSR count). The quantitative estimate of drug-likeness (QED) is 0.809. The predicted octanol–water partition coefficient (Wildman–Crippen LogP) is 2.23. The first kappa shape index (κ1) is 10.9. The van der Waals surface area contributed by atoms with E-state index in [-0.39, 0.29) is 5.41 Å². The molecule has 0 amide bonds. The van der Waals surface area contributed by atoms with Crippen LogP contribution in [0.4, 0.5) is 0 Å². The van der Waals surface area contributed by atoms with E-state index < -0.39 is 0 Å². The van der Waals surface area contributed by atoms with Gasteiger partial charge in [0.2, 0.25) is 0 Å². The third-order valence-electron chi connectivity index (χ3n) is 4.02. The van der Waals surface area contributed by atoms with Crippen LogP contribution in [0.15, 0.2) is 18.2 Å². The zero-order valence-electron chi connectivity index (χ0n) is 10.2. The van der Waals surface area contributed by atoms with Crippen molar-refractivity contribution in [2.24, 2.45) is 5.73 Å². The summed E-state index contributed by atoms with van der Waals surface area (Å²) in [5, 5.41) is 0. The first-order valence-corrected chi connectivity index (χ1v) is 6.33.